The van der Waals surface area contributed by atoms with Gasteiger partial charge in [0, 0.05) is 6.54 Å². The number of carbonyl (C=O) groups excluding carboxylic acids is 1. The highest BCUT2D eigenvalue weighted by atomic mass is 16.5. The summed E-state index contributed by atoms with van der Waals surface area (Å²) in [5.41, 5.74) is 0.0330. The van der Waals surface area contributed by atoms with Crippen LogP contribution in [0.2, 0.25) is 0 Å². The zero-order valence-corrected chi connectivity index (χ0v) is 7.53. The lowest BCUT2D eigenvalue weighted by atomic mass is 10.2. The number of rotatable bonds is 3. The van der Waals surface area contributed by atoms with E-state index in [9.17, 15) is 9.90 Å². The molecule has 5 heteroatoms. The maximum Gasteiger partial charge on any atom is 0.439 e. The molecule has 1 aromatic heterocycles. The van der Waals surface area contributed by atoms with Gasteiger partial charge in [-0.15, -0.1) is 0 Å². The Morgan fingerprint density at radius 1 is 1.69 bits per heavy atom. The molecule has 0 aromatic carbocycles. The first-order chi connectivity index (χ1) is 6.09. The monoisotopic (exact) mass is 183 g/mol. The summed E-state index contributed by atoms with van der Waals surface area (Å²) >= 11 is 0. The molecule has 71 valence electrons. The van der Waals surface area contributed by atoms with Crippen LogP contribution in [0.15, 0.2) is 10.7 Å². The van der Waals surface area contributed by atoms with Crippen molar-refractivity contribution in [3.8, 4) is 6.08 Å². The summed E-state index contributed by atoms with van der Waals surface area (Å²) in [6, 6.07) is 0. The second-order valence-corrected chi connectivity index (χ2v) is 3.10. The number of nitrogens with zero attached hydrogens (tertiary/aromatic N) is 1. The molecule has 5 nitrogen and oxygen atoms in total. The van der Waals surface area contributed by atoms with Crippen LogP contribution in [0.3, 0.4) is 0 Å². The fraction of sp³-hybridized carbons (Fsp3) is 0.500. The SMILES string of the molecule is CC(C)CNC(=O)c1coc([O])n1. The van der Waals surface area contributed by atoms with Gasteiger partial charge in [-0.25, -0.2) is 5.11 Å². The van der Waals surface area contributed by atoms with E-state index >= 15 is 0 Å². The number of nitrogens with one attached hydrogen (secondary N) is 1. The first-order valence-corrected chi connectivity index (χ1v) is 4.00. The zero-order valence-electron chi connectivity index (χ0n) is 7.53. The summed E-state index contributed by atoms with van der Waals surface area (Å²) in [5.74, 6) is -0.0119. The van der Waals surface area contributed by atoms with E-state index in [1.54, 1.807) is 0 Å². The van der Waals surface area contributed by atoms with Crippen molar-refractivity contribution in [1.82, 2.24) is 10.3 Å². The minimum absolute atomic E-state index is 0.0330. The molecular weight excluding hydrogens is 172 g/mol. The van der Waals surface area contributed by atoms with Crippen LogP contribution >= 0.6 is 0 Å². The largest absolute Gasteiger partial charge is 0.439 e. The van der Waals surface area contributed by atoms with Crippen LogP contribution in [0.1, 0.15) is 24.3 Å². The fourth-order valence-electron chi connectivity index (χ4n) is 0.749. The predicted molar refractivity (Wildman–Crippen MR) is 43.8 cm³/mol. The van der Waals surface area contributed by atoms with Crippen LogP contribution in [0, 0.1) is 5.92 Å². The Bertz CT molecular complexity index is 293. The molecule has 1 aromatic rings. The molecule has 0 aliphatic carbocycles. The van der Waals surface area contributed by atoms with Gasteiger partial charge in [0.15, 0.2) is 5.69 Å². The molecular formula is C8H11N2O3. The van der Waals surface area contributed by atoms with Crippen molar-refractivity contribution >= 4 is 5.91 Å². The van der Waals surface area contributed by atoms with Gasteiger partial charge in [-0.05, 0) is 5.92 Å². The van der Waals surface area contributed by atoms with E-state index in [0.717, 1.165) is 6.26 Å². The number of oxazole rings is 1. The highest BCUT2D eigenvalue weighted by molar-refractivity contribution is 5.91. The molecule has 1 rings (SSSR count). The van der Waals surface area contributed by atoms with Crippen molar-refractivity contribution in [2.24, 2.45) is 5.92 Å². The molecule has 13 heavy (non-hydrogen) atoms. The number of hydrogen-bond donors (Lipinski definition) is 1. The van der Waals surface area contributed by atoms with Gasteiger partial charge in [0.25, 0.3) is 5.91 Å². The summed E-state index contributed by atoms with van der Waals surface area (Å²) in [4.78, 5) is 14.5. The molecule has 1 amide bonds. The average molecular weight is 183 g/mol. The van der Waals surface area contributed by atoms with E-state index in [0.29, 0.717) is 12.5 Å². The van der Waals surface area contributed by atoms with Crippen molar-refractivity contribution in [2.75, 3.05) is 6.54 Å². The molecule has 1 heterocycles. The Balaban J connectivity index is 2.49. The number of carbonyl (C=O) groups is 1. The predicted octanol–water partition coefficient (Wildman–Crippen LogP) is 1.20. The van der Waals surface area contributed by atoms with Gasteiger partial charge < -0.3 is 9.73 Å². The molecule has 1 radical (unpaired) electrons. The van der Waals surface area contributed by atoms with Gasteiger partial charge in [0.2, 0.25) is 0 Å². The third-order valence-corrected chi connectivity index (χ3v) is 1.39. The minimum Gasteiger partial charge on any atom is -0.414 e. The van der Waals surface area contributed by atoms with Gasteiger partial charge in [-0.3, -0.25) is 4.79 Å². The smallest absolute Gasteiger partial charge is 0.414 e. The van der Waals surface area contributed by atoms with Crippen molar-refractivity contribution in [3.05, 3.63) is 12.0 Å². The first kappa shape index (κ1) is 9.57. The van der Waals surface area contributed by atoms with E-state index < -0.39 is 6.08 Å². The van der Waals surface area contributed by atoms with Crippen LogP contribution < -0.4 is 5.32 Å². The quantitative estimate of drug-likeness (QED) is 0.765. The van der Waals surface area contributed by atoms with E-state index in [-0.39, 0.29) is 11.6 Å². The molecule has 0 aliphatic heterocycles. The standard InChI is InChI=1S/C8H11N2O3/c1-5(2)3-9-7(11)6-4-13-8(12)10-6/h4-5H,3H2,1-2H3,(H,9,11). The molecule has 0 bridgehead atoms. The van der Waals surface area contributed by atoms with Crippen LogP contribution in [0.25, 0.3) is 0 Å². The summed E-state index contributed by atoms with van der Waals surface area (Å²) in [5, 5.41) is 13.1. The van der Waals surface area contributed by atoms with Crippen LogP contribution in [0.4, 0.5) is 0 Å². The Morgan fingerprint density at radius 3 is 2.85 bits per heavy atom. The van der Waals surface area contributed by atoms with Crippen molar-refractivity contribution < 1.29 is 14.3 Å². The van der Waals surface area contributed by atoms with E-state index in [2.05, 4.69) is 14.7 Å². The summed E-state index contributed by atoms with van der Waals surface area (Å²) in [6.45, 7) is 4.50. The number of amides is 1. The van der Waals surface area contributed by atoms with Crippen molar-refractivity contribution in [2.45, 2.75) is 13.8 Å². The van der Waals surface area contributed by atoms with Gasteiger partial charge in [0.05, 0.1) is 0 Å². The third kappa shape index (κ3) is 2.77. The van der Waals surface area contributed by atoms with Crippen molar-refractivity contribution in [3.63, 3.8) is 0 Å². The summed E-state index contributed by atoms with van der Waals surface area (Å²) in [7, 11) is 0. The fourth-order valence-corrected chi connectivity index (χ4v) is 0.749. The Labute approximate surface area is 75.8 Å². The molecule has 0 saturated heterocycles. The lowest BCUT2D eigenvalue weighted by Gasteiger charge is -2.04. The Morgan fingerprint density at radius 2 is 2.38 bits per heavy atom. The minimum atomic E-state index is -0.741. The van der Waals surface area contributed by atoms with Gasteiger partial charge in [-0.1, -0.05) is 13.8 Å². The molecule has 0 fully saturated rings. The molecule has 0 spiro atoms. The average Bonchev–Trinajstić information content (AvgIpc) is 2.47. The van der Waals surface area contributed by atoms with Crippen LogP contribution in [-0.4, -0.2) is 17.4 Å². The first-order valence-electron chi connectivity index (χ1n) is 4.00. The maximum atomic E-state index is 11.2. The maximum absolute atomic E-state index is 11.2. The van der Waals surface area contributed by atoms with Gasteiger partial charge in [-0.2, -0.15) is 4.98 Å². The normalized spacial score (nSPS) is 10.4. The Hall–Kier alpha value is -1.52. The molecule has 0 atom stereocenters. The molecule has 0 unspecified atom stereocenters. The van der Waals surface area contributed by atoms with Gasteiger partial charge >= 0.3 is 6.08 Å². The summed E-state index contributed by atoms with van der Waals surface area (Å²) < 4.78 is 4.36. The van der Waals surface area contributed by atoms with Crippen LogP contribution in [-0.2, 0) is 5.11 Å². The topological polar surface area (TPSA) is 75.0 Å². The summed E-state index contributed by atoms with van der Waals surface area (Å²) in [6.07, 6.45) is 0.313. The second-order valence-electron chi connectivity index (χ2n) is 3.10. The molecule has 0 saturated carbocycles. The highest BCUT2D eigenvalue weighted by Crippen LogP contribution is 2.07. The number of aromatic nitrogens is 1. The second kappa shape index (κ2) is 3.93. The number of hydrogen-bond acceptors (Lipinski definition) is 3. The van der Waals surface area contributed by atoms with E-state index in [4.69, 9.17) is 0 Å². The van der Waals surface area contributed by atoms with E-state index in [1.807, 2.05) is 13.8 Å². The lowest BCUT2D eigenvalue weighted by Crippen LogP contribution is -2.27. The van der Waals surface area contributed by atoms with Gasteiger partial charge in [0.1, 0.15) is 6.26 Å². The van der Waals surface area contributed by atoms with Crippen molar-refractivity contribution in [1.29, 1.82) is 0 Å². The molecule has 0 aliphatic rings. The molecule has 1 N–H and O–H groups in total. The highest BCUT2D eigenvalue weighted by Gasteiger charge is 2.11. The van der Waals surface area contributed by atoms with E-state index in [1.165, 1.54) is 0 Å². The Kier molecular flexibility index (Phi) is 2.89. The van der Waals surface area contributed by atoms with Crippen LogP contribution in [0.5, 0.6) is 6.08 Å². The third-order valence-electron chi connectivity index (χ3n) is 1.39. The lowest BCUT2D eigenvalue weighted by molar-refractivity contribution is 0.0943. The zero-order chi connectivity index (χ0) is 9.84.